The minimum atomic E-state index is -0.339. The van der Waals surface area contributed by atoms with Gasteiger partial charge in [0.25, 0.3) is 5.91 Å². The fourth-order valence-corrected chi connectivity index (χ4v) is 2.13. The summed E-state index contributed by atoms with van der Waals surface area (Å²) >= 11 is 11.7. The highest BCUT2D eigenvalue weighted by Crippen LogP contribution is 2.22. The maximum Gasteiger partial charge on any atom is 0.271 e. The zero-order valence-corrected chi connectivity index (χ0v) is 13.8. The Bertz CT molecular complexity index is 694. The molecule has 0 aromatic heterocycles. The number of hydrogen-bond acceptors (Lipinski definition) is 2. The van der Waals surface area contributed by atoms with Crippen molar-refractivity contribution < 1.29 is 4.79 Å². The van der Waals surface area contributed by atoms with Crippen molar-refractivity contribution in [3.63, 3.8) is 0 Å². The van der Waals surface area contributed by atoms with Crippen LogP contribution in [0.4, 0.5) is 0 Å². The SMILES string of the molecule is CC(C)c1ccc(C=NNC(=O)c2ccc(Cl)c(Cl)c2)cc1. The third-order valence-electron chi connectivity index (χ3n) is 3.16. The number of rotatable bonds is 4. The van der Waals surface area contributed by atoms with Crippen molar-refractivity contribution in [1.29, 1.82) is 0 Å². The molecule has 0 saturated carbocycles. The van der Waals surface area contributed by atoms with Crippen LogP contribution in [0.15, 0.2) is 47.6 Å². The summed E-state index contributed by atoms with van der Waals surface area (Å²) in [4.78, 5) is 11.9. The second kappa shape index (κ2) is 7.43. The lowest BCUT2D eigenvalue weighted by Crippen LogP contribution is -2.17. The molecule has 114 valence electrons. The average Bonchev–Trinajstić information content (AvgIpc) is 2.50. The Kier molecular flexibility index (Phi) is 5.58. The molecular weight excluding hydrogens is 319 g/mol. The summed E-state index contributed by atoms with van der Waals surface area (Å²) in [5, 5.41) is 4.69. The Labute approximate surface area is 139 Å². The van der Waals surface area contributed by atoms with Crippen molar-refractivity contribution in [1.82, 2.24) is 5.43 Å². The van der Waals surface area contributed by atoms with Gasteiger partial charge in [-0.1, -0.05) is 61.3 Å². The van der Waals surface area contributed by atoms with Crippen LogP contribution in [0.3, 0.4) is 0 Å². The largest absolute Gasteiger partial charge is 0.271 e. The lowest BCUT2D eigenvalue weighted by atomic mass is 10.0. The fourth-order valence-electron chi connectivity index (χ4n) is 1.83. The minimum Gasteiger partial charge on any atom is -0.267 e. The molecule has 0 radical (unpaired) electrons. The van der Waals surface area contributed by atoms with Gasteiger partial charge in [-0.3, -0.25) is 4.79 Å². The Morgan fingerprint density at radius 3 is 2.36 bits per heavy atom. The third kappa shape index (κ3) is 4.33. The van der Waals surface area contributed by atoms with E-state index in [1.165, 1.54) is 11.6 Å². The summed E-state index contributed by atoms with van der Waals surface area (Å²) in [5.41, 5.74) is 5.04. The van der Waals surface area contributed by atoms with E-state index in [-0.39, 0.29) is 5.91 Å². The van der Waals surface area contributed by atoms with Gasteiger partial charge in [0.1, 0.15) is 0 Å². The van der Waals surface area contributed by atoms with Crippen LogP contribution in [0.2, 0.25) is 10.0 Å². The van der Waals surface area contributed by atoms with E-state index in [1.807, 2.05) is 24.3 Å². The van der Waals surface area contributed by atoms with Gasteiger partial charge in [-0.2, -0.15) is 5.10 Å². The van der Waals surface area contributed by atoms with Gasteiger partial charge in [0.05, 0.1) is 16.3 Å². The zero-order valence-electron chi connectivity index (χ0n) is 12.3. The summed E-state index contributed by atoms with van der Waals surface area (Å²) in [7, 11) is 0. The molecule has 2 aromatic rings. The molecule has 0 aliphatic rings. The molecule has 0 saturated heterocycles. The van der Waals surface area contributed by atoms with Gasteiger partial charge in [-0.05, 0) is 35.2 Å². The van der Waals surface area contributed by atoms with Crippen LogP contribution in [0.1, 0.15) is 41.3 Å². The first-order valence-electron chi connectivity index (χ1n) is 6.86. The van der Waals surface area contributed by atoms with Crippen molar-refractivity contribution in [2.24, 2.45) is 5.10 Å². The molecule has 0 bridgehead atoms. The molecule has 0 spiro atoms. The van der Waals surface area contributed by atoms with Crippen molar-refractivity contribution in [2.45, 2.75) is 19.8 Å². The van der Waals surface area contributed by atoms with Crippen LogP contribution in [0.25, 0.3) is 0 Å². The molecule has 0 aliphatic carbocycles. The highest BCUT2D eigenvalue weighted by atomic mass is 35.5. The van der Waals surface area contributed by atoms with Gasteiger partial charge in [-0.15, -0.1) is 0 Å². The third-order valence-corrected chi connectivity index (χ3v) is 3.90. The predicted molar refractivity (Wildman–Crippen MR) is 92.1 cm³/mol. The first-order chi connectivity index (χ1) is 10.5. The van der Waals surface area contributed by atoms with Crippen molar-refractivity contribution in [3.8, 4) is 0 Å². The first kappa shape index (κ1) is 16.5. The molecule has 3 nitrogen and oxygen atoms in total. The lowest BCUT2D eigenvalue weighted by molar-refractivity contribution is 0.0955. The highest BCUT2D eigenvalue weighted by molar-refractivity contribution is 6.42. The number of benzene rings is 2. The number of hydrogen-bond donors (Lipinski definition) is 1. The molecule has 22 heavy (non-hydrogen) atoms. The van der Waals surface area contributed by atoms with Gasteiger partial charge < -0.3 is 0 Å². The van der Waals surface area contributed by atoms with E-state index in [2.05, 4.69) is 24.4 Å². The van der Waals surface area contributed by atoms with Crippen LogP contribution in [-0.2, 0) is 0 Å². The zero-order chi connectivity index (χ0) is 16.1. The maximum absolute atomic E-state index is 11.9. The van der Waals surface area contributed by atoms with Crippen LogP contribution in [-0.4, -0.2) is 12.1 Å². The predicted octanol–water partition coefficient (Wildman–Crippen LogP) is 4.88. The average molecular weight is 335 g/mol. The number of carbonyl (C=O) groups excluding carboxylic acids is 1. The second-order valence-corrected chi connectivity index (χ2v) is 5.96. The van der Waals surface area contributed by atoms with Gasteiger partial charge in [-0.25, -0.2) is 5.43 Å². The summed E-state index contributed by atoms with van der Waals surface area (Å²) in [6.45, 7) is 4.28. The number of hydrazone groups is 1. The van der Waals surface area contributed by atoms with E-state index >= 15 is 0 Å². The van der Waals surface area contributed by atoms with Gasteiger partial charge >= 0.3 is 0 Å². The summed E-state index contributed by atoms with van der Waals surface area (Å²) in [6, 6.07) is 12.7. The van der Waals surface area contributed by atoms with Crippen molar-refractivity contribution in [3.05, 3.63) is 69.2 Å². The molecule has 2 aromatic carbocycles. The van der Waals surface area contributed by atoms with Gasteiger partial charge in [0.15, 0.2) is 0 Å². The van der Waals surface area contributed by atoms with Crippen LogP contribution in [0.5, 0.6) is 0 Å². The summed E-state index contributed by atoms with van der Waals surface area (Å²) in [5.74, 6) is 0.147. The monoisotopic (exact) mass is 334 g/mol. The van der Waals surface area contributed by atoms with Crippen LogP contribution in [0, 0.1) is 0 Å². The Balaban J connectivity index is 1.99. The number of nitrogens with zero attached hydrogens (tertiary/aromatic N) is 1. The molecule has 0 fully saturated rings. The lowest BCUT2D eigenvalue weighted by Gasteiger charge is -2.04. The first-order valence-corrected chi connectivity index (χ1v) is 7.61. The fraction of sp³-hybridized carbons (Fsp3) is 0.176. The van der Waals surface area contributed by atoms with Crippen molar-refractivity contribution in [2.75, 3.05) is 0 Å². The second-order valence-electron chi connectivity index (χ2n) is 5.15. The number of nitrogens with one attached hydrogen (secondary N) is 1. The van der Waals surface area contributed by atoms with Crippen LogP contribution >= 0.6 is 23.2 Å². The standard InChI is InChI=1S/C17H16Cl2N2O/c1-11(2)13-5-3-12(4-6-13)10-20-21-17(22)14-7-8-15(18)16(19)9-14/h3-11H,1-2H3,(H,21,22). The van der Waals surface area contributed by atoms with Gasteiger partial charge in [0, 0.05) is 5.56 Å². The maximum atomic E-state index is 11.9. The minimum absolute atomic E-state index is 0.336. The van der Waals surface area contributed by atoms with E-state index in [4.69, 9.17) is 23.2 Å². The van der Waals surface area contributed by atoms with E-state index < -0.39 is 0 Å². The topological polar surface area (TPSA) is 41.5 Å². The molecule has 0 atom stereocenters. The Morgan fingerprint density at radius 2 is 1.77 bits per heavy atom. The molecule has 0 heterocycles. The molecule has 1 N–H and O–H groups in total. The molecule has 5 heteroatoms. The Morgan fingerprint density at radius 1 is 1.09 bits per heavy atom. The number of carbonyl (C=O) groups is 1. The molecule has 0 aliphatic heterocycles. The highest BCUT2D eigenvalue weighted by Gasteiger charge is 2.06. The van der Waals surface area contributed by atoms with Crippen molar-refractivity contribution >= 4 is 35.3 Å². The molecular formula is C17H16Cl2N2O. The van der Waals surface area contributed by atoms with Crippen LogP contribution < -0.4 is 5.43 Å². The smallest absolute Gasteiger partial charge is 0.267 e. The van der Waals surface area contributed by atoms with E-state index in [1.54, 1.807) is 18.3 Å². The van der Waals surface area contributed by atoms with Gasteiger partial charge in [0.2, 0.25) is 0 Å². The number of amides is 1. The molecule has 1 amide bonds. The Hall–Kier alpha value is -1.84. The summed E-state index contributed by atoms with van der Waals surface area (Å²) < 4.78 is 0. The van der Waals surface area contributed by atoms with E-state index in [0.29, 0.717) is 21.5 Å². The summed E-state index contributed by atoms with van der Waals surface area (Å²) in [6.07, 6.45) is 1.60. The quantitative estimate of drug-likeness (QED) is 0.628. The molecule has 2 rings (SSSR count). The van der Waals surface area contributed by atoms with E-state index in [9.17, 15) is 4.79 Å². The normalized spacial score (nSPS) is 11.1. The van der Waals surface area contributed by atoms with E-state index in [0.717, 1.165) is 5.56 Å². The molecule has 0 unspecified atom stereocenters. The number of halogens is 2.